The first-order valence-electron chi connectivity index (χ1n) is 9.65. The molecule has 3 aromatic heterocycles. The number of hydrogen-bond donors (Lipinski definition) is 1. The van der Waals surface area contributed by atoms with Crippen molar-refractivity contribution in [2.45, 2.75) is 26.8 Å². The number of ether oxygens (including phenoxy) is 2. The molecule has 0 saturated carbocycles. The van der Waals surface area contributed by atoms with Gasteiger partial charge in [0.25, 0.3) is 5.91 Å². The highest BCUT2D eigenvalue weighted by molar-refractivity contribution is 7.17. The Morgan fingerprint density at radius 1 is 1.23 bits per heavy atom. The fourth-order valence-corrected chi connectivity index (χ4v) is 4.52. The molecule has 0 radical (unpaired) electrons. The van der Waals surface area contributed by atoms with Gasteiger partial charge in [0.15, 0.2) is 11.5 Å². The second-order valence-corrected chi connectivity index (χ2v) is 8.37. The van der Waals surface area contributed by atoms with Crippen LogP contribution in [0.4, 0.5) is 5.69 Å². The van der Waals surface area contributed by atoms with Crippen molar-refractivity contribution in [1.82, 2.24) is 14.5 Å². The van der Waals surface area contributed by atoms with Crippen molar-refractivity contribution in [3.8, 4) is 22.1 Å². The Morgan fingerprint density at radius 3 is 2.90 bits per heavy atom. The van der Waals surface area contributed by atoms with E-state index in [1.807, 2.05) is 19.1 Å². The van der Waals surface area contributed by atoms with Gasteiger partial charge in [0.2, 0.25) is 6.79 Å². The summed E-state index contributed by atoms with van der Waals surface area (Å²) in [6.07, 6.45) is 3.86. The number of pyridine rings is 1. The first-order chi connectivity index (χ1) is 14.5. The van der Waals surface area contributed by atoms with Crippen LogP contribution in [0.1, 0.15) is 35.3 Å². The van der Waals surface area contributed by atoms with Crippen LogP contribution in [-0.4, -0.2) is 27.2 Å². The van der Waals surface area contributed by atoms with E-state index < -0.39 is 0 Å². The zero-order valence-corrected chi connectivity index (χ0v) is 17.6. The third-order valence-electron chi connectivity index (χ3n) is 5.01. The van der Waals surface area contributed by atoms with Gasteiger partial charge in [-0.1, -0.05) is 0 Å². The molecular weight excluding hydrogens is 400 g/mol. The molecule has 0 unspecified atom stereocenters. The zero-order valence-electron chi connectivity index (χ0n) is 16.8. The molecule has 4 heterocycles. The number of carbonyl (C=O) groups excluding carboxylic acids is 1. The summed E-state index contributed by atoms with van der Waals surface area (Å²) in [5, 5.41) is 4.77. The third kappa shape index (κ3) is 3.09. The quantitative estimate of drug-likeness (QED) is 0.501. The van der Waals surface area contributed by atoms with Gasteiger partial charge in [0.1, 0.15) is 15.5 Å². The molecule has 0 spiro atoms. The molecule has 8 heteroatoms. The molecular formula is C22H20N4O3S. The molecule has 0 saturated heterocycles. The van der Waals surface area contributed by atoms with E-state index in [0.29, 0.717) is 27.8 Å². The maximum Gasteiger partial charge on any atom is 0.267 e. The van der Waals surface area contributed by atoms with Crippen LogP contribution in [0.2, 0.25) is 0 Å². The van der Waals surface area contributed by atoms with E-state index in [-0.39, 0.29) is 18.7 Å². The molecule has 5 rings (SSSR count). The number of nitrogens with zero attached hydrogens (tertiary/aromatic N) is 3. The van der Waals surface area contributed by atoms with E-state index >= 15 is 0 Å². The molecule has 1 amide bonds. The molecule has 0 atom stereocenters. The lowest BCUT2D eigenvalue weighted by molar-refractivity contribution is 0.103. The van der Waals surface area contributed by atoms with Crippen molar-refractivity contribution in [2.24, 2.45) is 0 Å². The van der Waals surface area contributed by atoms with Crippen LogP contribution in [0.5, 0.6) is 11.5 Å². The molecule has 0 fully saturated rings. The number of amides is 1. The Hall–Kier alpha value is -3.39. The van der Waals surface area contributed by atoms with Gasteiger partial charge in [0, 0.05) is 41.1 Å². The predicted molar refractivity (Wildman–Crippen MR) is 116 cm³/mol. The van der Waals surface area contributed by atoms with Gasteiger partial charge in [-0.25, -0.2) is 9.97 Å². The highest BCUT2D eigenvalue weighted by Crippen LogP contribution is 2.37. The van der Waals surface area contributed by atoms with Crippen LogP contribution in [0.3, 0.4) is 0 Å². The lowest BCUT2D eigenvalue weighted by Crippen LogP contribution is -2.11. The van der Waals surface area contributed by atoms with Gasteiger partial charge in [-0.3, -0.25) is 4.79 Å². The monoisotopic (exact) mass is 420 g/mol. The van der Waals surface area contributed by atoms with E-state index in [4.69, 9.17) is 14.5 Å². The van der Waals surface area contributed by atoms with Crippen LogP contribution >= 0.6 is 11.3 Å². The number of thiazole rings is 1. The van der Waals surface area contributed by atoms with Gasteiger partial charge in [-0.15, -0.1) is 11.3 Å². The van der Waals surface area contributed by atoms with Gasteiger partial charge in [0.05, 0.1) is 5.69 Å². The minimum atomic E-state index is -0.194. The standard InChI is InChI=1S/C22H20N4O3S/c1-12(2)26-10-16(15-5-4-8-23-20(15)26)22-24-13(3)19(30-22)21(27)25-14-6-7-17-18(9-14)29-11-28-17/h4-10,12H,11H2,1-3H3,(H,25,27). The molecule has 1 aliphatic rings. The number of aryl methyl sites for hydroxylation is 1. The summed E-state index contributed by atoms with van der Waals surface area (Å²) < 4.78 is 12.8. The maximum absolute atomic E-state index is 12.9. The van der Waals surface area contributed by atoms with E-state index in [1.54, 1.807) is 24.4 Å². The molecule has 30 heavy (non-hydrogen) atoms. The summed E-state index contributed by atoms with van der Waals surface area (Å²) in [6.45, 7) is 6.29. The minimum absolute atomic E-state index is 0.194. The number of carbonyl (C=O) groups is 1. The normalized spacial score (nSPS) is 12.7. The highest BCUT2D eigenvalue weighted by Gasteiger charge is 2.21. The fourth-order valence-electron chi connectivity index (χ4n) is 3.53. The molecule has 7 nitrogen and oxygen atoms in total. The SMILES string of the molecule is Cc1nc(-c2cn(C(C)C)c3ncccc23)sc1C(=O)Nc1ccc2c(c1)OCO2. The van der Waals surface area contributed by atoms with Crippen LogP contribution in [0.15, 0.2) is 42.7 Å². The van der Waals surface area contributed by atoms with E-state index in [2.05, 4.69) is 34.9 Å². The van der Waals surface area contributed by atoms with Crippen LogP contribution in [-0.2, 0) is 0 Å². The number of aromatic nitrogens is 3. The molecule has 0 aliphatic carbocycles. The first kappa shape index (κ1) is 18.6. The number of rotatable bonds is 4. The van der Waals surface area contributed by atoms with Gasteiger partial charge < -0.3 is 19.4 Å². The summed E-state index contributed by atoms with van der Waals surface area (Å²) in [6, 6.07) is 9.58. The number of hydrogen-bond acceptors (Lipinski definition) is 6. The largest absolute Gasteiger partial charge is 0.454 e. The summed E-state index contributed by atoms with van der Waals surface area (Å²) in [7, 11) is 0. The molecule has 152 valence electrons. The van der Waals surface area contributed by atoms with Crippen LogP contribution < -0.4 is 14.8 Å². The predicted octanol–water partition coefficient (Wildman–Crippen LogP) is 5.03. The number of nitrogens with one attached hydrogen (secondary N) is 1. The second kappa shape index (κ2) is 7.14. The molecule has 4 aromatic rings. The molecule has 1 aliphatic heterocycles. The Morgan fingerprint density at radius 2 is 2.07 bits per heavy atom. The van der Waals surface area contributed by atoms with Crippen LogP contribution in [0.25, 0.3) is 21.6 Å². The smallest absolute Gasteiger partial charge is 0.267 e. The Bertz CT molecular complexity index is 1270. The Kier molecular flexibility index (Phi) is 4.43. The number of anilines is 1. The topological polar surface area (TPSA) is 78.3 Å². The van der Waals surface area contributed by atoms with Crippen molar-refractivity contribution >= 4 is 34.0 Å². The summed E-state index contributed by atoms with van der Waals surface area (Å²) in [5.41, 5.74) is 3.26. The van der Waals surface area contributed by atoms with Crippen molar-refractivity contribution in [3.63, 3.8) is 0 Å². The van der Waals surface area contributed by atoms with E-state index in [1.165, 1.54) is 11.3 Å². The van der Waals surface area contributed by atoms with Gasteiger partial charge in [-0.05, 0) is 45.0 Å². The highest BCUT2D eigenvalue weighted by atomic mass is 32.1. The average molecular weight is 420 g/mol. The average Bonchev–Trinajstić information content (AvgIpc) is 3.43. The van der Waals surface area contributed by atoms with Crippen molar-refractivity contribution < 1.29 is 14.3 Å². The molecule has 1 N–H and O–H groups in total. The van der Waals surface area contributed by atoms with Gasteiger partial charge in [-0.2, -0.15) is 0 Å². The zero-order chi connectivity index (χ0) is 20.8. The lowest BCUT2D eigenvalue weighted by atomic mass is 10.2. The third-order valence-corrected chi connectivity index (χ3v) is 6.20. The Balaban J connectivity index is 1.48. The number of fused-ring (bicyclic) bond motifs is 2. The lowest BCUT2D eigenvalue weighted by Gasteiger charge is -2.07. The number of benzene rings is 1. The molecule has 0 bridgehead atoms. The van der Waals surface area contributed by atoms with E-state index in [9.17, 15) is 4.79 Å². The van der Waals surface area contributed by atoms with E-state index in [0.717, 1.165) is 21.6 Å². The van der Waals surface area contributed by atoms with Crippen molar-refractivity contribution in [2.75, 3.05) is 12.1 Å². The molecule has 1 aromatic carbocycles. The first-order valence-corrected chi connectivity index (χ1v) is 10.5. The van der Waals surface area contributed by atoms with Crippen LogP contribution in [0, 0.1) is 6.92 Å². The minimum Gasteiger partial charge on any atom is -0.454 e. The second-order valence-electron chi connectivity index (χ2n) is 7.37. The summed E-state index contributed by atoms with van der Waals surface area (Å²) >= 11 is 1.39. The van der Waals surface area contributed by atoms with Crippen molar-refractivity contribution in [3.05, 3.63) is 53.3 Å². The summed E-state index contributed by atoms with van der Waals surface area (Å²) in [5.74, 6) is 1.11. The summed E-state index contributed by atoms with van der Waals surface area (Å²) in [4.78, 5) is 22.7. The Labute approximate surface area is 177 Å². The van der Waals surface area contributed by atoms with Gasteiger partial charge >= 0.3 is 0 Å². The maximum atomic E-state index is 12.9. The fraction of sp³-hybridized carbons (Fsp3) is 0.227. The van der Waals surface area contributed by atoms with Crippen molar-refractivity contribution in [1.29, 1.82) is 0 Å².